The van der Waals surface area contributed by atoms with Crippen molar-refractivity contribution in [2.24, 2.45) is 0 Å². The minimum atomic E-state index is -0.405. The molecular weight excluding hydrogens is 286 g/mol. The van der Waals surface area contributed by atoms with E-state index in [1.807, 2.05) is 19.2 Å². The highest BCUT2D eigenvalue weighted by Crippen LogP contribution is 2.25. The van der Waals surface area contributed by atoms with Crippen molar-refractivity contribution in [3.63, 3.8) is 0 Å². The predicted molar refractivity (Wildman–Crippen MR) is 76.2 cm³/mol. The van der Waals surface area contributed by atoms with E-state index in [1.54, 1.807) is 18.3 Å². The van der Waals surface area contributed by atoms with Crippen molar-refractivity contribution in [1.82, 2.24) is 10.3 Å². The molecule has 0 fully saturated rings. The van der Waals surface area contributed by atoms with Crippen LogP contribution in [-0.2, 0) is 6.42 Å². The molecule has 1 aromatic carbocycles. The summed E-state index contributed by atoms with van der Waals surface area (Å²) in [7, 11) is 1.83. The smallest absolute Gasteiger partial charge is 0.142 e. The van der Waals surface area contributed by atoms with Gasteiger partial charge in [0.05, 0.1) is 21.8 Å². The van der Waals surface area contributed by atoms with Crippen molar-refractivity contribution < 1.29 is 4.39 Å². The Bertz CT molecular complexity index is 558. The number of halogens is 3. The van der Waals surface area contributed by atoms with E-state index in [0.29, 0.717) is 11.4 Å². The summed E-state index contributed by atoms with van der Waals surface area (Å²) in [4.78, 5) is 4.27. The third kappa shape index (κ3) is 3.44. The molecule has 1 heterocycles. The van der Waals surface area contributed by atoms with Crippen LogP contribution in [-0.4, -0.2) is 12.0 Å². The van der Waals surface area contributed by atoms with E-state index in [0.717, 1.165) is 11.3 Å². The van der Waals surface area contributed by atoms with Crippen molar-refractivity contribution in [1.29, 1.82) is 0 Å². The Labute approximate surface area is 121 Å². The van der Waals surface area contributed by atoms with Crippen LogP contribution in [0.4, 0.5) is 4.39 Å². The average molecular weight is 299 g/mol. The van der Waals surface area contributed by atoms with Gasteiger partial charge < -0.3 is 5.32 Å². The highest BCUT2D eigenvalue weighted by atomic mass is 35.5. The van der Waals surface area contributed by atoms with Crippen LogP contribution in [0, 0.1) is 5.82 Å². The number of rotatable bonds is 4. The zero-order valence-electron chi connectivity index (χ0n) is 10.3. The minimum Gasteiger partial charge on any atom is -0.311 e. The molecule has 1 atom stereocenters. The van der Waals surface area contributed by atoms with Crippen LogP contribution in [0.5, 0.6) is 0 Å². The highest BCUT2D eigenvalue weighted by Gasteiger charge is 2.14. The molecule has 2 rings (SSSR count). The van der Waals surface area contributed by atoms with Crippen LogP contribution in [0.25, 0.3) is 0 Å². The first-order chi connectivity index (χ1) is 9.11. The Hall–Kier alpha value is -1.16. The van der Waals surface area contributed by atoms with E-state index in [1.165, 1.54) is 6.07 Å². The van der Waals surface area contributed by atoms with Gasteiger partial charge in [0.25, 0.3) is 0 Å². The zero-order chi connectivity index (χ0) is 13.8. The van der Waals surface area contributed by atoms with Crippen LogP contribution in [0.15, 0.2) is 36.5 Å². The Morgan fingerprint density at radius 1 is 1.26 bits per heavy atom. The number of nitrogens with one attached hydrogen (secondary N) is 1. The van der Waals surface area contributed by atoms with Crippen molar-refractivity contribution in [3.05, 3.63) is 63.6 Å². The first kappa shape index (κ1) is 14.3. The van der Waals surface area contributed by atoms with Crippen LogP contribution in [0.2, 0.25) is 10.0 Å². The Morgan fingerprint density at radius 2 is 2.05 bits per heavy atom. The first-order valence-electron chi connectivity index (χ1n) is 5.83. The van der Waals surface area contributed by atoms with Crippen LogP contribution >= 0.6 is 23.2 Å². The molecule has 0 amide bonds. The molecule has 0 aliphatic carbocycles. The molecule has 0 aliphatic heterocycles. The predicted octanol–water partition coefficient (Wildman–Crippen LogP) is 4.03. The molecule has 0 saturated carbocycles. The SMILES string of the molecule is CNC(Cc1cccc(F)c1Cl)c1ccc(Cl)cn1. The van der Waals surface area contributed by atoms with Crippen LogP contribution in [0.3, 0.4) is 0 Å². The summed E-state index contributed by atoms with van der Waals surface area (Å²) >= 11 is 11.8. The molecule has 5 heteroatoms. The number of pyridine rings is 1. The van der Waals surface area contributed by atoms with E-state index < -0.39 is 5.82 Å². The van der Waals surface area contributed by atoms with Crippen LogP contribution < -0.4 is 5.32 Å². The number of aromatic nitrogens is 1. The van der Waals surface area contributed by atoms with Gasteiger partial charge in [-0.05, 0) is 37.2 Å². The number of nitrogens with zero attached hydrogens (tertiary/aromatic N) is 1. The molecule has 0 aliphatic rings. The Kier molecular flexibility index (Phi) is 4.75. The van der Waals surface area contributed by atoms with Gasteiger partial charge in [0.1, 0.15) is 5.82 Å². The van der Waals surface area contributed by atoms with Gasteiger partial charge in [-0.1, -0.05) is 35.3 Å². The quantitative estimate of drug-likeness (QED) is 0.922. The van der Waals surface area contributed by atoms with Gasteiger partial charge in [-0.25, -0.2) is 4.39 Å². The summed E-state index contributed by atoms with van der Waals surface area (Å²) in [5, 5.41) is 3.90. The Balaban J connectivity index is 2.24. The largest absolute Gasteiger partial charge is 0.311 e. The lowest BCUT2D eigenvalue weighted by Crippen LogP contribution is -2.20. The number of hydrogen-bond acceptors (Lipinski definition) is 2. The number of hydrogen-bond donors (Lipinski definition) is 1. The standard InChI is InChI=1S/C14H13Cl2FN2/c1-18-13(12-6-5-10(15)8-19-12)7-9-3-2-4-11(17)14(9)16/h2-6,8,13,18H,7H2,1H3. The number of benzene rings is 1. The molecule has 1 N–H and O–H groups in total. The van der Waals surface area contributed by atoms with E-state index in [9.17, 15) is 4.39 Å². The molecule has 19 heavy (non-hydrogen) atoms. The third-order valence-corrected chi connectivity index (χ3v) is 3.56. The maximum Gasteiger partial charge on any atom is 0.142 e. The average Bonchev–Trinajstić information content (AvgIpc) is 2.42. The van der Waals surface area contributed by atoms with Gasteiger partial charge in [0.15, 0.2) is 0 Å². The normalized spacial score (nSPS) is 12.4. The van der Waals surface area contributed by atoms with E-state index in [2.05, 4.69) is 10.3 Å². The number of likely N-dealkylation sites (N-methyl/N-ethyl adjacent to an activating group) is 1. The summed E-state index contributed by atoms with van der Waals surface area (Å²) in [5.41, 5.74) is 1.59. The van der Waals surface area contributed by atoms with Gasteiger partial charge in [0.2, 0.25) is 0 Å². The van der Waals surface area contributed by atoms with Crippen molar-refractivity contribution >= 4 is 23.2 Å². The summed E-state index contributed by atoms with van der Waals surface area (Å²) < 4.78 is 13.4. The highest BCUT2D eigenvalue weighted by molar-refractivity contribution is 6.31. The third-order valence-electron chi connectivity index (χ3n) is 2.91. The topological polar surface area (TPSA) is 24.9 Å². The van der Waals surface area contributed by atoms with E-state index >= 15 is 0 Å². The van der Waals surface area contributed by atoms with Gasteiger partial charge >= 0.3 is 0 Å². The fourth-order valence-electron chi connectivity index (χ4n) is 1.87. The molecule has 0 spiro atoms. The molecule has 0 saturated heterocycles. The van der Waals surface area contributed by atoms with Gasteiger partial charge in [-0.15, -0.1) is 0 Å². The summed E-state index contributed by atoms with van der Waals surface area (Å²) in [6, 6.07) is 8.39. The van der Waals surface area contributed by atoms with Crippen molar-refractivity contribution in [2.75, 3.05) is 7.05 Å². The van der Waals surface area contributed by atoms with E-state index in [-0.39, 0.29) is 11.1 Å². The summed E-state index contributed by atoms with van der Waals surface area (Å²) in [5.74, 6) is -0.405. The zero-order valence-corrected chi connectivity index (χ0v) is 11.8. The van der Waals surface area contributed by atoms with Gasteiger partial charge in [-0.2, -0.15) is 0 Å². The molecular formula is C14H13Cl2FN2. The molecule has 1 aromatic heterocycles. The monoisotopic (exact) mass is 298 g/mol. The summed E-state index contributed by atoms with van der Waals surface area (Å²) in [6.45, 7) is 0. The second-order valence-corrected chi connectivity index (χ2v) is 4.97. The molecule has 2 aromatic rings. The maximum absolute atomic E-state index is 13.4. The molecule has 0 bridgehead atoms. The molecule has 2 nitrogen and oxygen atoms in total. The molecule has 1 unspecified atom stereocenters. The lowest BCUT2D eigenvalue weighted by Gasteiger charge is -2.16. The fourth-order valence-corrected chi connectivity index (χ4v) is 2.19. The fraction of sp³-hybridized carbons (Fsp3) is 0.214. The second-order valence-electron chi connectivity index (χ2n) is 4.16. The lowest BCUT2D eigenvalue weighted by atomic mass is 10.0. The Morgan fingerprint density at radius 3 is 2.68 bits per heavy atom. The lowest BCUT2D eigenvalue weighted by molar-refractivity contribution is 0.570. The first-order valence-corrected chi connectivity index (χ1v) is 6.59. The van der Waals surface area contributed by atoms with Crippen molar-refractivity contribution in [3.8, 4) is 0 Å². The minimum absolute atomic E-state index is 0.0448. The summed E-state index contributed by atoms with van der Waals surface area (Å²) in [6.07, 6.45) is 2.15. The molecule has 0 radical (unpaired) electrons. The second kappa shape index (κ2) is 6.33. The van der Waals surface area contributed by atoms with E-state index in [4.69, 9.17) is 23.2 Å². The van der Waals surface area contributed by atoms with Gasteiger partial charge in [0, 0.05) is 6.20 Å². The van der Waals surface area contributed by atoms with Gasteiger partial charge in [-0.3, -0.25) is 4.98 Å². The molecule has 100 valence electrons. The van der Waals surface area contributed by atoms with Crippen LogP contribution in [0.1, 0.15) is 17.3 Å². The van der Waals surface area contributed by atoms with Crippen molar-refractivity contribution in [2.45, 2.75) is 12.5 Å². The maximum atomic E-state index is 13.4.